The summed E-state index contributed by atoms with van der Waals surface area (Å²) < 4.78 is 32.9. The van der Waals surface area contributed by atoms with E-state index >= 15 is 0 Å². The maximum atomic E-state index is 13.3. The Morgan fingerprint density at radius 3 is 2.39 bits per heavy atom. The lowest BCUT2D eigenvalue weighted by Gasteiger charge is -2.39. The zero-order valence-electron chi connectivity index (χ0n) is 17.3. The Morgan fingerprint density at radius 1 is 1.03 bits per heavy atom. The maximum absolute atomic E-state index is 13.3. The van der Waals surface area contributed by atoms with Gasteiger partial charge in [0.2, 0.25) is 5.91 Å². The van der Waals surface area contributed by atoms with Crippen LogP contribution >= 0.6 is 0 Å². The molecule has 0 aromatic heterocycles. The lowest BCUT2D eigenvalue weighted by atomic mass is 9.88. The molecule has 2 aliphatic rings. The Hall–Kier alpha value is -2.80. The lowest BCUT2D eigenvalue weighted by Crippen LogP contribution is -2.47. The Balaban J connectivity index is 1.24. The van der Waals surface area contributed by atoms with Crippen molar-refractivity contribution in [2.24, 2.45) is 0 Å². The summed E-state index contributed by atoms with van der Waals surface area (Å²) in [5, 5.41) is 2.71. The number of carbonyl (C=O) groups excluding carboxylic acids is 2. The van der Waals surface area contributed by atoms with Gasteiger partial charge in [-0.3, -0.25) is 9.59 Å². The molecule has 1 spiro atoms. The molecule has 2 heterocycles. The number of benzene rings is 2. The summed E-state index contributed by atoms with van der Waals surface area (Å²) in [5.74, 6) is -1.96. The third-order valence-electron chi connectivity index (χ3n) is 6.18. The smallest absolute Gasteiger partial charge is 0.251 e. The van der Waals surface area contributed by atoms with Crippen LogP contribution in [-0.2, 0) is 16.0 Å². The Labute approximate surface area is 180 Å². The van der Waals surface area contributed by atoms with Gasteiger partial charge in [-0.2, -0.15) is 0 Å². The van der Waals surface area contributed by atoms with Crippen molar-refractivity contribution in [3.63, 3.8) is 0 Å². The highest BCUT2D eigenvalue weighted by molar-refractivity contribution is 5.94. The lowest BCUT2D eigenvalue weighted by molar-refractivity contribution is -0.136. The van der Waals surface area contributed by atoms with Gasteiger partial charge in [-0.05, 0) is 43.4 Å². The number of rotatable bonds is 5. The fourth-order valence-electron chi connectivity index (χ4n) is 4.45. The topological polar surface area (TPSA) is 58.6 Å². The van der Waals surface area contributed by atoms with Crippen LogP contribution in [0.2, 0.25) is 0 Å². The number of carbonyl (C=O) groups is 2. The normalized spacial score (nSPS) is 20.1. The first-order valence-electron chi connectivity index (χ1n) is 10.7. The highest BCUT2D eigenvalue weighted by Crippen LogP contribution is 2.38. The molecule has 0 bridgehead atoms. The summed E-state index contributed by atoms with van der Waals surface area (Å²) in [6.07, 6.45) is 3.48. The number of nitrogens with one attached hydrogen (secondary N) is 1. The average molecular weight is 428 g/mol. The van der Waals surface area contributed by atoms with Gasteiger partial charge in [-0.25, -0.2) is 8.78 Å². The van der Waals surface area contributed by atoms with Crippen molar-refractivity contribution in [2.45, 2.75) is 43.8 Å². The van der Waals surface area contributed by atoms with E-state index in [-0.39, 0.29) is 29.7 Å². The van der Waals surface area contributed by atoms with Crippen molar-refractivity contribution in [3.05, 3.63) is 71.3 Å². The van der Waals surface area contributed by atoms with E-state index in [0.717, 1.165) is 49.4 Å². The number of halogens is 2. The van der Waals surface area contributed by atoms with E-state index in [4.69, 9.17) is 4.74 Å². The number of piperidine rings is 1. The minimum absolute atomic E-state index is 0.0459. The molecule has 2 aromatic carbocycles. The maximum Gasteiger partial charge on any atom is 0.251 e. The minimum Gasteiger partial charge on any atom is -0.370 e. The number of nitrogens with zero attached hydrogens (tertiary/aromatic N) is 1. The molecule has 2 fully saturated rings. The Morgan fingerprint density at radius 2 is 1.71 bits per heavy atom. The monoisotopic (exact) mass is 428 g/mol. The predicted octanol–water partition coefficient (Wildman–Crippen LogP) is 3.48. The largest absolute Gasteiger partial charge is 0.370 e. The Bertz CT molecular complexity index is 923. The van der Waals surface area contributed by atoms with Crippen LogP contribution in [-0.4, -0.2) is 48.1 Å². The third-order valence-corrected chi connectivity index (χ3v) is 6.18. The molecular weight excluding hydrogens is 402 g/mol. The Kier molecular flexibility index (Phi) is 6.32. The fourth-order valence-corrected chi connectivity index (χ4v) is 4.45. The zero-order valence-corrected chi connectivity index (χ0v) is 17.3. The average Bonchev–Trinajstić information content (AvgIpc) is 3.15. The molecule has 2 aliphatic heterocycles. The van der Waals surface area contributed by atoms with Crippen LogP contribution in [0.25, 0.3) is 0 Å². The number of hydrogen-bond donors (Lipinski definition) is 1. The number of amides is 2. The van der Waals surface area contributed by atoms with Gasteiger partial charge in [0, 0.05) is 31.3 Å². The van der Waals surface area contributed by atoms with Gasteiger partial charge in [0.25, 0.3) is 5.91 Å². The predicted molar refractivity (Wildman–Crippen MR) is 111 cm³/mol. The van der Waals surface area contributed by atoms with Gasteiger partial charge < -0.3 is 15.0 Å². The SMILES string of the molecule is O=C(NCC1CCC2(CCN(C(=O)Cc3ccccc3)CC2)O1)c1cc(F)cc(F)c1. The van der Waals surface area contributed by atoms with Crippen LogP contribution < -0.4 is 5.32 Å². The summed E-state index contributed by atoms with van der Waals surface area (Å²) >= 11 is 0. The molecule has 164 valence electrons. The van der Waals surface area contributed by atoms with Crippen LogP contribution in [0.5, 0.6) is 0 Å². The number of hydrogen-bond acceptors (Lipinski definition) is 3. The molecule has 5 nitrogen and oxygen atoms in total. The van der Waals surface area contributed by atoms with Crippen LogP contribution in [0.15, 0.2) is 48.5 Å². The van der Waals surface area contributed by atoms with Gasteiger partial charge >= 0.3 is 0 Å². The van der Waals surface area contributed by atoms with E-state index in [0.29, 0.717) is 19.5 Å². The van der Waals surface area contributed by atoms with Crippen molar-refractivity contribution in [2.75, 3.05) is 19.6 Å². The molecule has 2 saturated heterocycles. The first kappa shape index (κ1) is 21.4. The molecule has 0 radical (unpaired) electrons. The van der Waals surface area contributed by atoms with Crippen LogP contribution in [0.4, 0.5) is 8.78 Å². The summed E-state index contributed by atoms with van der Waals surface area (Å²) in [6.45, 7) is 1.61. The molecule has 1 atom stereocenters. The standard InChI is InChI=1S/C24H26F2N2O3/c25-19-13-18(14-20(26)15-19)23(30)27-16-21-6-7-24(31-21)8-10-28(11-9-24)22(29)12-17-4-2-1-3-5-17/h1-5,13-15,21H,6-12,16H2,(H,27,30). The summed E-state index contributed by atoms with van der Waals surface area (Å²) in [4.78, 5) is 26.7. The highest BCUT2D eigenvalue weighted by atomic mass is 19.1. The van der Waals surface area contributed by atoms with E-state index in [2.05, 4.69) is 5.32 Å². The molecule has 31 heavy (non-hydrogen) atoms. The second-order valence-corrected chi connectivity index (χ2v) is 8.37. The van der Waals surface area contributed by atoms with Crippen LogP contribution in [0, 0.1) is 11.6 Å². The molecule has 1 unspecified atom stereocenters. The third kappa shape index (κ3) is 5.28. The van der Waals surface area contributed by atoms with Crippen molar-refractivity contribution >= 4 is 11.8 Å². The number of ether oxygens (including phenoxy) is 1. The molecule has 1 N–H and O–H groups in total. The molecule has 2 aromatic rings. The van der Waals surface area contributed by atoms with Crippen molar-refractivity contribution in [1.29, 1.82) is 0 Å². The van der Waals surface area contributed by atoms with E-state index in [1.807, 2.05) is 35.2 Å². The van der Waals surface area contributed by atoms with Gasteiger partial charge in [-0.15, -0.1) is 0 Å². The van der Waals surface area contributed by atoms with Gasteiger partial charge in [-0.1, -0.05) is 30.3 Å². The zero-order chi connectivity index (χ0) is 21.8. The highest BCUT2D eigenvalue weighted by Gasteiger charge is 2.43. The first-order valence-corrected chi connectivity index (χ1v) is 10.7. The second kappa shape index (κ2) is 9.14. The molecular formula is C24H26F2N2O3. The minimum atomic E-state index is -0.783. The van der Waals surface area contributed by atoms with Gasteiger partial charge in [0.05, 0.1) is 18.1 Å². The molecule has 2 amide bonds. The quantitative estimate of drug-likeness (QED) is 0.793. The van der Waals surface area contributed by atoms with Gasteiger partial charge in [0.1, 0.15) is 11.6 Å². The van der Waals surface area contributed by atoms with E-state index in [1.165, 1.54) is 0 Å². The van der Waals surface area contributed by atoms with E-state index in [9.17, 15) is 18.4 Å². The second-order valence-electron chi connectivity index (χ2n) is 8.37. The summed E-state index contributed by atoms with van der Waals surface area (Å²) in [6, 6.07) is 12.5. The number of likely N-dealkylation sites (tertiary alicyclic amines) is 1. The van der Waals surface area contributed by atoms with E-state index < -0.39 is 17.5 Å². The van der Waals surface area contributed by atoms with Crippen LogP contribution in [0.3, 0.4) is 0 Å². The van der Waals surface area contributed by atoms with Crippen molar-refractivity contribution < 1.29 is 23.1 Å². The molecule has 0 saturated carbocycles. The van der Waals surface area contributed by atoms with Crippen molar-refractivity contribution in [3.8, 4) is 0 Å². The van der Waals surface area contributed by atoms with Crippen molar-refractivity contribution in [1.82, 2.24) is 10.2 Å². The summed E-state index contributed by atoms with van der Waals surface area (Å²) in [7, 11) is 0. The summed E-state index contributed by atoms with van der Waals surface area (Å²) in [5.41, 5.74) is 0.707. The molecule has 0 aliphatic carbocycles. The fraction of sp³-hybridized carbons (Fsp3) is 0.417. The van der Waals surface area contributed by atoms with Gasteiger partial charge in [0.15, 0.2) is 0 Å². The van der Waals surface area contributed by atoms with Crippen LogP contribution in [0.1, 0.15) is 41.6 Å². The molecule has 7 heteroatoms. The first-order chi connectivity index (χ1) is 14.9. The van der Waals surface area contributed by atoms with E-state index in [1.54, 1.807) is 0 Å². The molecule has 4 rings (SSSR count).